The van der Waals surface area contributed by atoms with Gasteiger partial charge < -0.3 is 25.4 Å². The van der Waals surface area contributed by atoms with Crippen LogP contribution in [0.1, 0.15) is 57.1 Å². The van der Waals surface area contributed by atoms with Gasteiger partial charge in [0.05, 0.1) is 25.9 Å². The van der Waals surface area contributed by atoms with Crippen molar-refractivity contribution in [3.63, 3.8) is 0 Å². The largest absolute Gasteiger partial charge is 0.393 e. The van der Waals surface area contributed by atoms with E-state index in [0.29, 0.717) is 45.6 Å². The van der Waals surface area contributed by atoms with Crippen LogP contribution in [0.2, 0.25) is 5.02 Å². The Hall–Kier alpha value is -2.20. The second-order valence-corrected chi connectivity index (χ2v) is 12.5. The highest BCUT2D eigenvalue weighted by molar-refractivity contribution is 7.84. The molecule has 3 heterocycles. The van der Waals surface area contributed by atoms with Gasteiger partial charge in [-0.2, -0.15) is 8.42 Å². The Labute approximate surface area is 234 Å². The van der Waals surface area contributed by atoms with Gasteiger partial charge in [0.2, 0.25) is 0 Å². The van der Waals surface area contributed by atoms with Crippen molar-refractivity contribution in [1.82, 2.24) is 9.97 Å². The lowest BCUT2D eigenvalue weighted by molar-refractivity contribution is 0.0687. The third kappa shape index (κ3) is 6.42. The average Bonchev–Trinajstić information content (AvgIpc) is 3.49. The Morgan fingerprint density at radius 2 is 2.10 bits per heavy atom. The molecule has 14 heteroatoms. The fraction of sp³-hybridized carbons (Fsp3) is 0.440. The molecule has 3 aromatic rings. The van der Waals surface area contributed by atoms with Gasteiger partial charge in [-0.3, -0.25) is 4.18 Å². The number of aromatic nitrogens is 2. The van der Waals surface area contributed by atoms with E-state index in [4.69, 9.17) is 21.5 Å². The number of nitrogens with one attached hydrogen (secondary N) is 1. The Morgan fingerprint density at radius 1 is 1.28 bits per heavy atom. The van der Waals surface area contributed by atoms with E-state index in [1.54, 1.807) is 0 Å². The number of ether oxygens (including phenoxy) is 1. The molecule has 1 saturated carbocycles. The zero-order chi connectivity index (χ0) is 27.7. The van der Waals surface area contributed by atoms with Gasteiger partial charge in [-0.1, -0.05) is 17.7 Å². The third-order valence-electron chi connectivity index (χ3n) is 7.08. The van der Waals surface area contributed by atoms with Crippen LogP contribution in [0.15, 0.2) is 36.8 Å². The first-order chi connectivity index (χ1) is 18.6. The Balaban J connectivity index is 1.37. The smallest absolute Gasteiger partial charge is 0.333 e. The second-order valence-electron chi connectivity index (χ2n) is 9.68. The molecule has 1 aliphatic heterocycles. The number of aliphatic hydroxyl groups excluding tert-OH is 3. The van der Waals surface area contributed by atoms with E-state index in [2.05, 4.69) is 19.5 Å². The number of rotatable bonds is 9. The summed E-state index contributed by atoms with van der Waals surface area (Å²) in [6.45, 7) is 0.0761. The van der Waals surface area contributed by atoms with E-state index in [9.17, 15) is 23.7 Å². The first-order valence-corrected chi connectivity index (χ1v) is 15.0. The molecule has 0 bridgehead atoms. The van der Waals surface area contributed by atoms with Gasteiger partial charge in [0.15, 0.2) is 0 Å². The fourth-order valence-electron chi connectivity index (χ4n) is 5.21. The van der Waals surface area contributed by atoms with Crippen LogP contribution in [0.4, 0.5) is 5.82 Å². The van der Waals surface area contributed by atoms with Crippen LogP contribution in [-0.2, 0) is 32.3 Å². The molecular weight excluding hydrogens is 568 g/mol. The molecule has 2 unspecified atom stereocenters. The van der Waals surface area contributed by atoms with Crippen molar-refractivity contribution in [2.24, 2.45) is 11.1 Å². The summed E-state index contributed by atoms with van der Waals surface area (Å²) in [7, 11) is -4.11. The Bertz CT molecular complexity index is 1440. The molecule has 210 valence electrons. The highest BCUT2D eigenvalue weighted by Crippen LogP contribution is 2.42. The molecular formula is C25H29ClN4O7S2. The first kappa shape index (κ1) is 28.3. The standard InChI is InChI=1S/C25H29ClN4O7S2/c26-15-2-1-13-3-4-36-24(17(13)6-15)18-8-21(38-22(18)10-31)23(33)19-9-28-12-29-25(19)30-16-5-14(20(32)7-16)11-37-39(27,34)35/h1-2,6,8-9,12,14,16,20,23-24,31-33H,3-5,7,10-11H2,(H2,27,34,35)(H,28,29,30)/t14-,16-,20+,23?,24?/m1/s1. The van der Waals surface area contributed by atoms with Crippen molar-refractivity contribution in [1.29, 1.82) is 0 Å². The summed E-state index contributed by atoms with van der Waals surface area (Å²) < 4.78 is 33.0. The number of nitrogens with two attached hydrogens (primary N) is 1. The minimum atomic E-state index is -4.11. The van der Waals surface area contributed by atoms with Crippen LogP contribution in [0.3, 0.4) is 0 Å². The monoisotopic (exact) mass is 596 g/mol. The SMILES string of the molecule is NS(=O)(=O)OC[C@H]1C[C@@H](Nc2ncncc2C(O)c2cc(C3OCCc4ccc(Cl)cc43)c(CO)s2)C[C@@H]1O. The quantitative estimate of drug-likeness (QED) is 0.246. The number of nitrogens with zero attached hydrogens (tertiary/aromatic N) is 2. The van der Waals surface area contributed by atoms with Crippen molar-refractivity contribution in [3.8, 4) is 0 Å². The van der Waals surface area contributed by atoms with Crippen molar-refractivity contribution >= 4 is 39.1 Å². The minimum Gasteiger partial charge on any atom is -0.393 e. The highest BCUT2D eigenvalue weighted by atomic mass is 35.5. The Kier molecular flexibility index (Phi) is 8.52. The number of fused-ring (bicyclic) bond motifs is 1. The highest BCUT2D eigenvalue weighted by Gasteiger charge is 2.35. The number of thiophene rings is 1. The maximum atomic E-state index is 11.4. The van der Waals surface area contributed by atoms with Crippen LogP contribution >= 0.6 is 22.9 Å². The fourth-order valence-corrected chi connectivity index (χ4v) is 6.81. The second kappa shape index (κ2) is 11.7. The minimum absolute atomic E-state index is 0.221. The predicted molar refractivity (Wildman–Crippen MR) is 144 cm³/mol. The van der Waals surface area contributed by atoms with Gasteiger partial charge in [0, 0.05) is 44.1 Å². The number of halogens is 1. The third-order valence-corrected chi connectivity index (χ3v) is 8.97. The molecule has 0 saturated heterocycles. The number of benzene rings is 1. The maximum absolute atomic E-state index is 11.4. The lowest BCUT2D eigenvalue weighted by atomic mass is 9.93. The van der Waals surface area contributed by atoms with Crippen LogP contribution in [-0.4, -0.2) is 59.1 Å². The average molecular weight is 597 g/mol. The van der Waals surface area contributed by atoms with Crippen molar-refractivity contribution in [2.75, 3.05) is 18.5 Å². The van der Waals surface area contributed by atoms with E-state index in [-0.39, 0.29) is 19.3 Å². The molecule has 0 radical (unpaired) electrons. The van der Waals surface area contributed by atoms with E-state index < -0.39 is 34.5 Å². The molecule has 5 rings (SSSR count). The van der Waals surface area contributed by atoms with Gasteiger partial charge in [-0.05, 0) is 48.6 Å². The van der Waals surface area contributed by atoms with Crippen LogP contribution in [0.5, 0.6) is 0 Å². The van der Waals surface area contributed by atoms with Crippen LogP contribution < -0.4 is 10.5 Å². The van der Waals surface area contributed by atoms with Gasteiger partial charge in [-0.15, -0.1) is 11.3 Å². The molecule has 0 amide bonds. The first-order valence-electron chi connectivity index (χ1n) is 12.4. The van der Waals surface area contributed by atoms with Crippen molar-refractivity contribution in [2.45, 2.75) is 50.2 Å². The van der Waals surface area contributed by atoms with E-state index in [1.807, 2.05) is 24.3 Å². The summed E-state index contributed by atoms with van der Waals surface area (Å²) in [6.07, 6.45) is 2.04. The number of hydrogen-bond donors (Lipinski definition) is 5. The molecule has 5 atom stereocenters. The number of hydrogen-bond acceptors (Lipinski definition) is 11. The topological polar surface area (TPSA) is 177 Å². The lowest BCUT2D eigenvalue weighted by Gasteiger charge is -2.26. The van der Waals surface area contributed by atoms with Crippen molar-refractivity contribution < 1.29 is 32.7 Å². The summed E-state index contributed by atoms with van der Waals surface area (Å²) >= 11 is 7.54. The van der Waals surface area contributed by atoms with E-state index >= 15 is 0 Å². The van der Waals surface area contributed by atoms with Gasteiger partial charge in [0.1, 0.15) is 24.4 Å². The molecule has 1 fully saturated rings. The summed E-state index contributed by atoms with van der Waals surface area (Å²) in [5.41, 5.74) is 3.25. The van der Waals surface area contributed by atoms with E-state index in [1.165, 1.54) is 23.9 Å². The van der Waals surface area contributed by atoms with Crippen LogP contribution in [0.25, 0.3) is 0 Å². The zero-order valence-corrected chi connectivity index (χ0v) is 23.1. The zero-order valence-electron chi connectivity index (χ0n) is 20.7. The summed E-state index contributed by atoms with van der Waals surface area (Å²) in [6, 6.07) is 7.29. The van der Waals surface area contributed by atoms with Gasteiger partial charge >= 0.3 is 10.3 Å². The predicted octanol–water partition coefficient (Wildman–Crippen LogP) is 2.20. The number of anilines is 1. The molecule has 39 heavy (non-hydrogen) atoms. The summed E-state index contributed by atoms with van der Waals surface area (Å²) in [5.74, 6) is -0.0517. The lowest BCUT2D eigenvalue weighted by Crippen LogP contribution is -2.24. The number of aliphatic hydroxyl groups is 3. The van der Waals surface area contributed by atoms with Gasteiger partial charge in [-0.25, -0.2) is 15.1 Å². The van der Waals surface area contributed by atoms with Gasteiger partial charge in [0.25, 0.3) is 0 Å². The summed E-state index contributed by atoms with van der Waals surface area (Å²) in [5, 5.41) is 40.7. The van der Waals surface area contributed by atoms with Crippen molar-refractivity contribution in [3.05, 3.63) is 73.8 Å². The van der Waals surface area contributed by atoms with Crippen LogP contribution in [0, 0.1) is 5.92 Å². The van der Waals surface area contributed by atoms with E-state index in [0.717, 1.165) is 23.1 Å². The summed E-state index contributed by atoms with van der Waals surface area (Å²) in [4.78, 5) is 9.64. The molecule has 6 N–H and O–H groups in total. The maximum Gasteiger partial charge on any atom is 0.333 e. The normalized spacial score (nSPS) is 23.9. The molecule has 0 spiro atoms. The molecule has 2 aliphatic rings. The molecule has 1 aliphatic carbocycles. The molecule has 11 nitrogen and oxygen atoms in total. The molecule has 1 aromatic carbocycles. The molecule has 2 aromatic heterocycles. The Morgan fingerprint density at radius 3 is 2.87 bits per heavy atom.